The number of rotatable bonds is 6. The predicted octanol–water partition coefficient (Wildman–Crippen LogP) is 1.53. The van der Waals surface area contributed by atoms with Crippen LogP contribution in [0.1, 0.15) is 20.3 Å². The molecule has 0 spiro atoms. The number of hydrogen-bond donors (Lipinski definition) is 2. The van der Waals surface area contributed by atoms with Crippen LogP contribution < -0.4 is 4.72 Å². The molecule has 0 aromatic carbocycles. The zero-order chi connectivity index (χ0) is 13.1. The topological polar surface area (TPSA) is 83.5 Å². The quantitative estimate of drug-likeness (QED) is 0.826. The highest BCUT2D eigenvalue weighted by Gasteiger charge is 2.32. The van der Waals surface area contributed by atoms with Crippen LogP contribution in [0.4, 0.5) is 0 Å². The number of carbonyl (C=O) groups is 1. The van der Waals surface area contributed by atoms with E-state index >= 15 is 0 Å². The summed E-state index contributed by atoms with van der Waals surface area (Å²) in [5, 5.41) is 10.7. The first kappa shape index (κ1) is 14.1. The Hall–Kier alpha value is -0.920. The standard InChI is InChI=1S/C10H15NO4S2/c1-3-10(2,9(12)13)7-11-17(14,15)8-5-4-6-16-8/h4-6,11H,3,7H2,1-2H3,(H,12,13). The van der Waals surface area contributed by atoms with Gasteiger partial charge >= 0.3 is 5.97 Å². The molecule has 0 radical (unpaired) electrons. The average Bonchev–Trinajstić information content (AvgIpc) is 2.79. The van der Waals surface area contributed by atoms with Crippen molar-refractivity contribution in [3.63, 3.8) is 0 Å². The van der Waals surface area contributed by atoms with Crippen molar-refractivity contribution in [2.75, 3.05) is 6.54 Å². The summed E-state index contributed by atoms with van der Waals surface area (Å²) in [7, 11) is -3.59. The monoisotopic (exact) mass is 277 g/mol. The van der Waals surface area contributed by atoms with E-state index in [1.807, 2.05) is 0 Å². The summed E-state index contributed by atoms with van der Waals surface area (Å²) in [5.74, 6) is -1.01. The van der Waals surface area contributed by atoms with Crippen LogP contribution in [0.3, 0.4) is 0 Å². The second-order valence-corrected chi connectivity index (χ2v) is 6.92. The Morgan fingerprint density at radius 3 is 2.65 bits per heavy atom. The molecule has 0 bridgehead atoms. The van der Waals surface area contributed by atoms with Crippen LogP contribution in [0, 0.1) is 5.41 Å². The van der Waals surface area contributed by atoms with Crippen molar-refractivity contribution < 1.29 is 18.3 Å². The van der Waals surface area contributed by atoms with E-state index in [9.17, 15) is 13.2 Å². The molecule has 0 saturated carbocycles. The summed E-state index contributed by atoms with van der Waals surface area (Å²) < 4.78 is 26.1. The SMILES string of the molecule is CCC(C)(CNS(=O)(=O)c1cccs1)C(=O)O. The minimum absolute atomic E-state index is 0.112. The molecule has 0 aliphatic rings. The Bertz CT molecular complexity index is 480. The third-order valence-corrected chi connectivity index (χ3v) is 5.51. The van der Waals surface area contributed by atoms with Gasteiger partial charge in [-0.1, -0.05) is 13.0 Å². The van der Waals surface area contributed by atoms with Gasteiger partial charge in [0, 0.05) is 6.54 Å². The van der Waals surface area contributed by atoms with Gasteiger partial charge in [-0.15, -0.1) is 11.3 Å². The smallest absolute Gasteiger partial charge is 0.310 e. The fraction of sp³-hybridized carbons (Fsp3) is 0.500. The summed E-state index contributed by atoms with van der Waals surface area (Å²) >= 11 is 1.10. The van der Waals surface area contributed by atoms with Gasteiger partial charge in [0.15, 0.2) is 0 Å². The van der Waals surface area contributed by atoms with Gasteiger partial charge in [0.25, 0.3) is 0 Å². The van der Waals surface area contributed by atoms with Gasteiger partial charge in [0.2, 0.25) is 10.0 Å². The first-order chi connectivity index (χ1) is 7.82. The Morgan fingerprint density at radius 1 is 1.59 bits per heavy atom. The van der Waals surface area contributed by atoms with Crippen LogP contribution in [-0.2, 0) is 14.8 Å². The van der Waals surface area contributed by atoms with Crippen LogP contribution in [0.25, 0.3) is 0 Å². The lowest BCUT2D eigenvalue weighted by Crippen LogP contribution is -2.40. The maximum absolute atomic E-state index is 11.8. The number of hydrogen-bond acceptors (Lipinski definition) is 4. The van der Waals surface area contributed by atoms with Crippen molar-refractivity contribution in [3.8, 4) is 0 Å². The van der Waals surface area contributed by atoms with E-state index in [1.165, 1.54) is 13.0 Å². The number of aliphatic carboxylic acids is 1. The third kappa shape index (κ3) is 3.27. The van der Waals surface area contributed by atoms with Gasteiger partial charge in [-0.2, -0.15) is 0 Å². The molecular formula is C10H15NO4S2. The lowest BCUT2D eigenvalue weighted by molar-refractivity contribution is -0.147. The summed E-state index contributed by atoms with van der Waals surface area (Å²) in [6.07, 6.45) is 0.356. The van der Waals surface area contributed by atoms with Crippen LogP contribution in [0.15, 0.2) is 21.7 Å². The molecule has 7 heteroatoms. The lowest BCUT2D eigenvalue weighted by Gasteiger charge is -2.22. The molecule has 1 heterocycles. The minimum atomic E-state index is -3.59. The number of carboxylic acid groups (broad SMARTS) is 1. The molecule has 5 nitrogen and oxygen atoms in total. The number of carboxylic acids is 1. The van der Waals surface area contributed by atoms with Crippen molar-refractivity contribution in [1.82, 2.24) is 4.72 Å². The molecule has 1 aromatic heterocycles. The van der Waals surface area contributed by atoms with Crippen LogP contribution in [0.5, 0.6) is 0 Å². The Balaban J connectivity index is 2.78. The Kier molecular flexibility index (Phi) is 4.29. The second-order valence-electron chi connectivity index (χ2n) is 3.98. The van der Waals surface area contributed by atoms with Crippen molar-refractivity contribution in [1.29, 1.82) is 0 Å². The molecule has 1 atom stereocenters. The number of nitrogens with one attached hydrogen (secondary N) is 1. The molecule has 0 fully saturated rings. The molecule has 17 heavy (non-hydrogen) atoms. The molecular weight excluding hydrogens is 262 g/mol. The van der Waals surface area contributed by atoms with Crippen molar-refractivity contribution in [2.24, 2.45) is 5.41 Å². The Morgan fingerprint density at radius 2 is 2.24 bits per heavy atom. The fourth-order valence-electron chi connectivity index (χ4n) is 1.09. The van der Waals surface area contributed by atoms with Gasteiger partial charge in [-0.3, -0.25) is 4.79 Å². The molecule has 0 amide bonds. The molecule has 0 aliphatic heterocycles. The van der Waals surface area contributed by atoms with E-state index in [2.05, 4.69) is 4.72 Å². The van der Waals surface area contributed by atoms with E-state index < -0.39 is 21.4 Å². The first-order valence-electron chi connectivity index (χ1n) is 5.08. The van der Waals surface area contributed by atoms with E-state index in [0.29, 0.717) is 6.42 Å². The van der Waals surface area contributed by atoms with Crippen LogP contribution in [0.2, 0.25) is 0 Å². The van der Waals surface area contributed by atoms with Gasteiger partial charge in [-0.25, -0.2) is 13.1 Å². The van der Waals surface area contributed by atoms with Gasteiger partial charge in [-0.05, 0) is 24.8 Å². The maximum Gasteiger partial charge on any atom is 0.310 e. The first-order valence-corrected chi connectivity index (χ1v) is 7.45. The Labute approximate surface area is 105 Å². The summed E-state index contributed by atoms with van der Waals surface area (Å²) in [6.45, 7) is 3.12. The molecule has 96 valence electrons. The second kappa shape index (κ2) is 5.16. The van der Waals surface area contributed by atoms with Crippen LogP contribution >= 0.6 is 11.3 Å². The lowest BCUT2D eigenvalue weighted by atomic mass is 9.88. The van der Waals surface area contributed by atoms with Gasteiger partial charge in [0.05, 0.1) is 5.41 Å². The van der Waals surface area contributed by atoms with Crippen molar-refractivity contribution in [3.05, 3.63) is 17.5 Å². The van der Waals surface area contributed by atoms with E-state index in [4.69, 9.17) is 5.11 Å². The number of sulfonamides is 1. The summed E-state index contributed by atoms with van der Waals surface area (Å²) in [5.41, 5.74) is -1.08. The summed E-state index contributed by atoms with van der Waals surface area (Å²) in [6, 6.07) is 3.12. The van der Waals surface area contributed by atoms with Gasteiger partial charge < -0.3 is 5.11 Å². The van der Waals surface area contributed by atoms with Gasteiger partial charge in [0.1, 0.15) is 4.21 Å². The number of thiophene rings is 1. The molecule has 1 unspecified atom stereocenters. The van der Waals surface area contributed by atoms with E-state index in [1.54, 1.807) is 18.4 Å². The zero-order valence-corrected chi connectivity index (χ0v) is 11.3. The molecule has 1 rings (SSSR count). The molecule has 2 N–H and O–H groups in total. The predicted molar refractivity (Wildman–Crippen MR) is 65.5 cm³/mol. The normalized spacial score (nSPS) is 15.4. The highest BCUT2D eigenvalue weighted by molar-refractivity contribution is 7.91. The van der Waals surface area contributed by atoms with Crippen molar-refractivity contribution >= 4 is 27.3 Å². The highest BCUT2D eigenvalue weighted by Crippen LogP contribution is 2.22. The van der Waals surface area contributed by atoms with E-state index in [-0.39, 0.29) is 10.8 Å². The molecule has 0 aliphatic carbocycles. The maximum atomic E-state index is 11.8. The third-order valence-electron chi connectivity index (χ3n) is 2.71. The minimum Gasteiger partial charge on any atom is -0.481 e. The average molecular weight is 277 g/mol. The molecule has 1 aromatic rings. The molecule has 0 saturated heterocycles. The summed E-state index contributed by atoms with van der Waals surface area (Å²) in [4.78, 5) is 11.0. The van der Waals surface area contributed by atoms with E-state index in [0.717, 1.165) is 11.3 Å². The highest BCUT2D eigenvalue weighted by atomic mass is 32.2. The zero-order valence-electron chi connectivity index (χ0n) is 9.63. The fourth-order valence-corrected chi connectivity index (χ4v) is 3.30. The van der Waals surface area contributed by atoms with Crippen LogP contribution in [-0.4, -0.2) is 26.0 Å². The van der Waals surface area contributed by atoms with Crippen molar-refractivity contribution in [2.45, 2.75) is 24.5 Å². The largest absolute Gasteiger partial charge is 0.481 e.